The van der Waals surface area contributed by atoms with Crippen LogP contribution in [0.5, 0.6) is 0 Å². The molecule has 2 amide bonds. The standard InChI is InChI=1S/C25H37ClN4O4/c1-16(2)30(17-8-7-12-27-14-17)24(31)22(21(29-25(32)33)11-4-5-13-34-3)19-10-6-9-18-20(26)15-28-23(18)19/h6,9-10,15-17,21-22,27-29H,4-5,7-8,11-14H2,1-3H3,(H,32,33)/t17-,21?,22?/m1/s1. The fraction of sp³-hybridized carbons (Fsp3) is 0.600. The minimum absolute atomic E-state index is 0.0229. The van der Waals surface area contributed by atoms with Crippen LogP contribution in [-0.2, 0) is 9.53 Å². The van der Waals surface area contributed by atoms with Gasteiger partial charge in [-0.1, -0.05) is 29.8 Å². The molecule has 3 rings (SSSR count). The number of unbranched alkanes of at least 4 members (excludes halogenated alkanes) is 1. The van der Waals surface area contributed by atoms with Crippen LogP contribution >= 0.6 is 11.6 Å². The number of para-hydroxylation sites is 1. The van der Waals surface area contributed by atoms with E-state index in [2.05, 4.69) is 15.6 Å². The van der Waals surface area contributed by atoms with Crippen molar-refractivity contribution < 1.29 is 19.4 Å². The van der Waals surface area contributed by atoms with E-state index in [1.165, 1.54) is 0 Å². The number of halogens is 1. The number of nitrogens with zero attached hydrogens (tertiary/aromatic N) is 1. The fourth-order valence-corrected chi connectivity index (χ4v) is 5.32. The summed E-state index contributed by atoms with van der Waals surface area (Å²) in [6.45, 7) is 6.32. The number of carboxylic acid groups (broad SMARTS) is 1. The number of ether oxygens (including phenoxy) is 1. The van der Waals surface area contributed by atoms with Crippen molar-refractivity contribution in [2.45, 2.75) is 70.0 Å². The van der Waals surface area contributed by atoms with Crippen LogP contribution in [0.25, 0.3) is 10.9 Å². The lowest BCUT2D eigenvalue weighted by Gasteiger charge is -2.41. The molecule has 1 aromatic carbocycles. The topological polar surface area (TPSA) is 107 Å². The molecule has 1 aromatic heterocycles. The molecule has 9 heteroatoms. The normalized spacial score (nSPS) is 18.1. The van der Waals surface area contributed by atoms with Crippen LogP contribution in [0.1, 0.15) is 57.4 Å². The van der Waals surface area contributed by atoms with E-state index in [4.69, 9.17) is 16.3 Å². The Morgan fingerprint density at radius 3 is 2.76 bits per heavy atom. The number of aromatic amines is 1. The van der Waals surface area contributed by atoms with E-state index >= 15 is 0 Å². The predicted molar refractivity (Wildman–Crippen MR) is 135 cm³/mol. The number of carbonyl (C=O) groups is 2. The average molecular weight is 493 g/mol. The van der Waals surface area contributed by atoms with Gasteiger partial charge in [-0.3, -0.25) is 4.79 Å². The molecule has 0 spiro atoms. The molecule has 1 aliphatic heterocycles. The minimum atomic E-state index is -1.14. The number of piperidine rings is 1. The highest BCUT2D eigenvalue weighted by atomic mass is 35.5. The third kappa shape index (κ3) is 6.23. The smallest absolute Gasteiger partial charge is 0.404 e. The minimum Gasteiger partial charge on any atom is -0.465 e. The lowest BCUT2D eigenvalue weighted by molar-refractivity contribution is -0.138. The molecule has 0 aliphatic carbocycles. The first-order valence-corrected chi connectivity index (χ1v) is 12.5. The fourth-order valence-electron chi connectivity index (χ4n) is 5.10. The Hall–Kier alpha value is -2.29. The Labute approximate surface area is 206 Å². The van der Waals surface area contributed by atoms with Crippen LogP contribution in [0.2, 0.25) is 5.02 Å². The molecule has 0 radical (unpaired) electrons. The van der Waals surface area contributed by atoms with Gasteiger partial charge >= 0.3 is 6.09 Å². The largest absolute Gasteiger partial charge is 0.465 e. The van der Waals surface area contributed by atoms with Crippen LogP contribution in [0, 0.1) is 0 Å². The van der Waals surface area contributed by atoms with Gasteiger partial charge in [-0.2, -0.15) is 0 Å². The molecule has 34 heavy (non-hydrogen) atoms. The number of nitrogens with one attached hydrogen (secondary N) is 3. The van der Waals surface area contributed by atoms with Gasteiger partial charge in [0.15, 0.2) is 0 Å². The lowest BCUT2D eigenvalue weighted by atomic mass is 9.85. The molecule has 188 valence electrons. The second kappa shape index (κ2) is 12.4. The van der Waals surface area contributed by atoms with Crippen molar-refractivity contribution in [3.8, 4) is 0 Å². The summed E-state index contributed by atoms with van der Waals surface area (Å²) in [5, 5.41) is 17.1. The number of aromatic nitrogens is 1. The highest BCUT2D eigenvalue weighted by Crippen LogP contribution is 2.35. The van der Waals surface area contributed by atoms with Gasteiger partial charge in [0.05, 0.1) is 16.5 Å². The monoisotopic (exact) mass is 492 g/mol. The molecule has 4 N–H and O–H groups in total. The van der Waals surface area contributed by atoms with Crippen LogP contribution < -0.4 is 10.6 Å². The van der Waals surface area contributed by atoms with Gasteiger partial charge < -0.3 is 30.4 Å². The van der Waals surface area contributed by atoms with E-state index in [-0.39, 0.29) is 18.0 Å². The number of hydrogen-bond donors (Lipinski definition) is 4. The van der Waals surface area contributed by atoms with Crippen LogP contribution in [-0.4, -0.2) is 71.9 Å². The van der Waals surface area contributed by atoms with Crippen molar-refractivity contribution in [2.24, 2.45) is 0 Å². The van der Waals surface area contributed by atoms with Gasteiger partial charge in [-0.05, 0) is 58.1 Å². The van der Waals surface area contributed by atoms with Gasteiger partial charge in [-0.15, -0.1) is 0 Å². The molecule has 8 nitrogen and oxygen atoms in total. The highest BCUT2D eigenvalue weighted by molar-refractivity contribution is 6.35. The molecule has 2 aromatic rings. The van der Waals surface area contributed by atoms with Crippen molar-refractivity contribution >= 4 is 34.5 Å². The second-order valence-electron chi connectivity index (χ2n) is 9.27. The molecule has 3 atom stereocenters. The van der Waals surface area contributed by atoms with Crippen LogP contribution in [0.4, 0.5) is 4.79 Å². The van der Waals surface area contributed by atoms with E-state index in [0.29, 0.717) is 18.1 Å². The zero-order chi connectivity index (χ0) is 24.7. The van der Waals surface area contributed by atoms with Gasteiger partial charge in [-0.25, -0.2) is 4.79 Å². The summed E-state index contributed by atoms with van der Waals surface area (Å²) >= 11 is 6.39. The molecular formula is C25H37ClN4O4. The summed E-state index contributed by atoms with van der Waals surface area (Å²) in [6.07, 6.45) is 4.54. The average Bonchev–Trinajstić information content (AvgIpc) is 3.18. The predicted octanol–water partition coefficient (Wildman–Crippen LogP) is 4.35. The Morgan fingerprint density at radius 2 is 2.12 bits per heavy atom. The molecule has 2 heterocycles. The van der Waals surface area contributed by atoms with Crippen molar-refractivity contribution in [3.05, 3.63) is 35.0 Å². The van der Waals surface area contributed by atoms with Gasteiger partial charge in [0.2, 0.25) is 5.91 Å². The Balaban J connectivity index is 2.06. The zero-order valence-corrected chi connectivity index (χ0v) is 21.0. The number of rotatable bonds is 11. The van der Waals surface area contributed by atoms with Gasteiger partial charge in [0.1, 0.15) is 0 Å². The highest BCUT2D eigenvalue weighted by Gasteiger charge is 2.39. The first-order valence-electron chi connectivity index (χ1n) is 12.1. The number of H-pyrrole nitrogens is 1. The summed E-state index contributed by atoms with van der Waals surface area (Å²) in [7, 11) is 1.65. The molecule has 1 fully saturated rings. The van der Waals surface area contributed by atoms with Crippen LogP contribution in [0.15, 0.2) is 24.4 Å². The van der Waals surface area contributed by atoms with Crippen molar-refractivity contribution in [1.29, 1.82) is 0 Å². The van der Waals surface area contributed by atoms with Crippen molar-refractivity contribution in [3.63, 3.8) is 0 Å². The Morgan fingerprint density at radius 1 is 1.32 bits per heavy atom. The lowest BCUT2D eigenvalue weighted by Crippen LogP contribution is -2.55. The van der Waals surface area contributed by atoms with Crippen LogP contribution in [0.3, 0.4) is 0 Å². The van der Waals surface area contributed by atoms with Crippen molar-refractivity contribution in [2.75, 3.05) is 26.8 Å². The third-order valence-electron chi connectivity index (χ3n) is 6.60. The van der Waals surface area contributed by atoms with E-state index in [1.54, 1.807) is 13.3 Å². The van der Waals surface area contributed by atoms with E-state index in [9.17, 15) is 14.7 Å². The maximum Gasteiger partial charge on any atom is 0.404 e. The quantitative estimate of drug-likeness (QED) is 0.349. The van der Waals surface area contributed by atoms with E-state index in [0.717, 1.165) is 55.2 Å². The second-order valence-corrected chi connectivity index (χ2v) is 9.68. The third-order valence-corrected chi connectivity index (χ3v) is 6.91. The Bertz CT molecular complexity index is 958. The summed E-state index contributed by atoms with van der Waals surface area (Å²) < 4.78 is 5.17. The summed E-state index contributed by atoms with van der Waals surface area (Å²) in [6, 6.07) is 5.14. The maximum atomic E-state index is 14.3. The first kappa shape index (κ1) is 26.3. The maximum absolute atomic E-state index is 14.3. The molecule has 1 aliphatic rings. The molecule has 0 bridgehead atoms. The number of fused-ring (bicyclic) bond motifs is 1. The summed E-state index contributed by atoms with van der Waals surface area (Å²) in [5.74, 6) is -0.756. The number of hydrogen-bond acceptors (Lipinski definition) is 4. The number of carbonyl (C=O) groups excluding carboxylic acids is 1. The molecule has 0 saturated carbocycles. The number of benzene rings is 1. The molecular weight excluding hydrogens is 456 g/mol. The number of amides is 2. The van der Waals surface area contributed by atoms with Gasteiger partial charge in [0.25, 0.3) is 0 Å². The summed E-state index contributed by atoms with van der Waals surface area (Å²) in [4.78, 5) is 31.3. The van der Waals surface area contributed by atoms with Crippen molar-refractivity contribution in [1.82, 2.24) is 20.5 Å². The summed E-state index contributed by atoms with van der Waals surface area (Å²) in [5.41, 5.74) is 1.53. The zero-order valence-electron chi connectivity index (χ0n) is 20.3. The molecule has 1 saturated heterocycles. The molecule has 2 unspecified atom stereocenters. The first-order chi connectivity index (χ1) is 16.3. The number of methoxy groups -OCH3 is 1. The SMILES string of the molecule is COCCCCC(NC(=O)O)C(C(=O)N(C(C)C)[C@@H]1CCCNC1)c1cccc2c(Cl)c[nH]c12. The Kier molecular flexibility index (Phi) is 9.62. The van der Waals surface area contributed by atoms with E-state index in [1.807, 2.05) is 36.9 Å². The van der Waals surface area contributed by atoms with E-state index < -0.39 is 18.1 Å². The van der Waals surface area contributed by atoms with Gasteiger partial charge in [0, 0.05) is 50.0 Å².